The zero-order valence-electron chi connectivity index (χ0n) is 12.0. The van der Waals surface area contributed by atoms with Gasteiger partial charge >= 0.3 is 0 Å². The number of carbonyl (C=O) groups excluding carboxylic acids is 1. The Bertz CT molecular complexity index is 620. The van der Waals surface area contributed by atoms with Crippen molar-refractivity contribution in [1.82, 2.24) is 9.97 Å². The predicted molar refractivity (Wildman–Crippen MR) is 83.0 cm³/mol. The minimum atomic E-state index is 0.135. The standard InChI is InChI=1S/C15H17N3O2S/c1-10-6-18(7-11(2)20-10)15-13(8-19)3-12(4-17-15)14-5-16-9-21-14/h3-5,8-11H,6-7H2,1-2H3. The van der Waals surface area contributed by atoms with E-state index in [1.165, 1.54) is 11.3 Å². The lowest BCUT2D eigenvalue weighted by molar-refractivity contribution is -0.00549. The molecule has 21 heavy (non-hydrogen) atoms. The lowest BCUT2D eigenvalue weighted by Crippen LogP contribution is -2.46. The Morgan fingerprint density at radius 3 is 2.71 bits per heavy atom. The van der Waals surface area contributed by atoms with Crippen molar-refractivity contribution in [3.05, 3.63) is 29.5 Å². The maximum Gasteiger partial charge on any atom is 0.153 e. The van der Waals surface area contributed by atoms with Crippen molar-refractivity contribution < 1.29 is 9.53 Å². The van der Waals surface area contributed by atoms with Gasteiger partial charge in [0.05, 0.1) is 28.2 Å². The van der Waals surface area contributed by atoms with Gasteiger partial charge < -0.3 is 9.64 Å². The van der Waals surface area contributed by atoms with Gasteiger partial charge in [0.1, 0.15) is 5.82 Å². The molecule has 1 saturated heterocycles. The monoisotopic (exact) mass is 303 g/mol. The van der Waals surface area contributed by atoms with E-state index < -0.39 is 0 Å². The van der Waals surface area contributed by atoms with E-state index in [-0.39, 0.29) is 12.2 Å². The van der Waals surface area contributed by atoms with Gasteiger partial charge in [0.25, 0.3) is 0 Å². The Hall–Kier alpha value is -1.79. The van der Waals surface area contributed by atoms with E-state index in [9.17, 15) is 4.79 Å². The van der Waals surface area contributed by atoms with Crippen LogP contribution in [0.25, 0.3) is 10.4 Å². The number of pyridine rings is 1. The molecule has 6 heteroatoms. The van der Waals surface area contributed by atoms with Crippen LogP contribution in [0.5, 0.6) is 0 Å². The van der Waals surface area contributed by atoms with Crippen molar-refractivity contribution >= 4 is 23.4 Å². The summed E-state index contributed by atoms with van der Waals surface area (Å²) in [6.45, 7) is 5.57. The fourth-order valence-corrected chi connectivity index (χ4v) is 3.27. The van der Waals surface area contributed by atoms with Gasteiger partial charge in [0.2, 0.25) is 0 Å². The Balaban J connectivity index is 1.94. The average molecular weight is 303 g/mol. The van der Waals surface area contributed by atoms with Gasteiger partial charge in [-0.1, -0.05) is 0 Å². The minimum absolute atomic E-state index is 0.135. The van der Waals surface area contributed by atoms with Gasteiger partial charge in [0.15, 0.2) is 6.29 Å². The minimum Gasteiger partial charge on any atom is -0.372 e. The van der Waals surface area contributed by atoms with E-state index in [4.69, 9.17) is 4.74 Å². The summed E-state index contributed by atoms with van der Waals surface area (Å²) in [6, 6.07) is 1.88. The zero-order valence-corrected chi connectivity index (χ0v) is 12.8. The first-order valence-corrected chi connectivity index (χ1v) is 7.80. The number of aromatic nitrogens is 2. The number of morpholine rings is 1. The first-order valence-electron chi connectivity index (χ1n) is 6.92. The Morgan fingerprint density at radius 1 is 1.33 bits per heavy atom. The molecule has 0 spiro atoms. The van der Waals surface area contributed by atoms with Crippen LogP contribution in [0.15, 0.2) is 24.0 Å². The highest BCUT2D eigenvalue weighted by Crippen LogP contribution is 2.28. The topological polar surface area (TPSA) is 55.3 Å². The summed E-state index contributed by atoms with van der Waals surface area (Å²) in [5.74, 6) is 0.736. The number of hydrogen-bond acceptors (Lipinski definition) is 6. The summed E-state index contributed by atoms with van der Waals surface area (Å²) in [6.07, 6.45) is 4.74. The van der Waals surface area contributed by atoms with Crippen LogP contribution in [0.3, 0.4) is 0 Å². The Morgan fingerprint density at radius 2 is 2.10 bits per heavy atom. The molecule has 1 aliphatic rings. The number of nitrogens with zero attached hydrogens (tertiary/aromatic N) is 3. The van der Waals surface area contributed by atoms with Crippen molar-refractivity contribution in [2.75, 3.05) is 18.0 Å². The SMILES string of the molecule is CC1CN(c2ncc(-c3cncs3)cc2C=O)CC(C)O1. The van der Waals surface area contributed by atoms with Crippen molar-refractivity contribution in [1.29, 1.82) is 0 Å². The van der Waals surface area contributed by atoms with Crippen LogP contribution in [0, 0.1) is 0 Å². The molecule has 0 aliphatic carbocycles. The van der Waals surface area contributed by atoms with Crippen LogP contribution in [0.4, 0.5) is 5.82 Å². The molecule has 2 atom stereocenters. The summed E-state index contributed by atoms with van der Waals surface area (Å²) in [5.41, 5.74) is 3.31. The van der Waals surface area contributed by atoms with Gasteiger partial charge in [-0.25, -0.2) is 4.98 Å². The second kappa shape index (κ2) is 5.91. The fraction of sp³-hybridized carbons (Fsp3) is 0.400. The molecule has 0 aromatic carbocycles. The highest BCUT2D eigenvalue weighted by molar-refractivity contribution is 7.13. The molecule has 0 amide bonds. The third kappa shape index (κ3) is 2.96. The summed E-state index contributed by atoms with van der Waals surface area (Å²) < 4.78 is 5.73. The van der Waals surface area contributed by atoms with Crippen molar-refractivity contribution in [3.63, 3.8) is 0 Å². The van der Waals surface area contributed by atoms with E-state index >= 15 is 0 Å². The molecule has 1 aliphatic heterocycles. The molecule has 2 aromatic rings. The summed E-state index contributed by atoms with van der Waals surface area (Å²) in [4.78, 5) is 23.2. The lowest BCUT2D eigenvalue weighted by atomic mass is 10.1. The molecule has 2 aromatic heterocycles. The first kappa shape index (κ1) is 14.2. The molecule has 0 radical (unpaired) electrons. The second-order valence-electron chi connectivity index (χ2n) is 5.28. The van der Waals surface area contributed by atoms with Gasteiger partial charge in [-0.3, -0.25) is 9.78 Å². The van der Waals surface area contributed by atoms with E-state index in [1.54, 1.807) is 17.9 Å². The van der Waals surface area contributed by atoms with Crippen LogP contribution in [-0.4, -0.2) is 41.6 Å². The highest BCUT2D eigenvalue weighted by Gasteiger charge is 2.25. The molecular formula is C15H17N3O2S. The van der Waals surface area contributed by atoms with Crippen molar-refractivity contribution in [2.45, 2.75) is 26.1 Å². The highest BCUT2D eigenvalue weighted by atomic mass is 32.1. The number of thiazole rings is 1. The maximum atomic E-state index is 11.4. The van der Waals surface area contributed by atoms with Gasteiger partial charge in [0, 0.05) is 31.0 Å². The smallest absolute Gasteiger partial charge is 0.153 e. The Kier molecular flexibility index (Phi) is 3.98. The number of aldehydes is 1. The van der Waals surface area contributed by atoms with Gasteiger partial charge in [-0.15, -0.1) is 11.3 Å². The van der Waals surface area contributed by atoms with Crippen LogP contribution in [0.2, 0.25) is 0 Å². The van der Waals surface area contributed by atoms with Gasteiger partial charge in [-0.2, -0.15) is 0 Å². The normalized spacial score (nSPS) is 22.3. The molecule has 3 heterocycles. The van der Waals surface area contributed by atoms with Crippen LogP contribution < -0.4 is 4.90 Å². The van der Waals surface area contributed by atoms with E-state index in [0.717, 1.165) is 35.6 Å². The predicted octanol–water partition coefficient (Wildman–Crippen LogP) is 2.63. The molecule has 0 bridgehead atoms. The van der Waals surface area contributed by atoms with Crippen molar-refractivity contribution in [2.24, 2.45) is 0 Å². The largest absolute Gasteiger partial charge is 0.372 e. The first-order chi connectivity index (χ1) is 10.2. The summed E-state index contributed by atoms with van der Waals surface area (Å²) in [5, 5.41) is 0. The number of hydrogen-bond donors (Lipinski definition) is 0. The fourth-order valence-electron chi connectivity index (χ4n) is 2.67. The maximum absolute atomic E-state index is 11.4. The number of anilines is 1. The zero-order chi connectivity index (χ0) is 14.8. The number of rotatable bonds is 3. The molecule has 0 saturated carbocycles. The molecule has 5 nitrogen and oxygen atoms in total. The molecule has 0 N–H and O–H groups in total. The van der Waals surface area contributed by atoms with Crippen molar-refractivity contribution in [3.8, 4) is 10.4 Å². The molecule has 3 rings (SSSR count). The number of ether oxygens (including phenoxy) is 1. The van der Waals surface area contributed by atoms with E-state index in [1.807, 2.05) is 19.9 Å². The average Bonchev–Trinajstić information content (AvgIpc) is 2.99. The quantitative estimate of drug-likeness (QED) is 0.816. The van der Waals surface area contributed by atoms with Gasteiger partial charge in [-0.05, 0) is 19.9 Å². The summed E-state index contributed by atoms with van der Waals surface area (Å²) in [7, 11) is 0. The molecule has 110 valence electrons. The lowest BCUT2D eigenvalue weighted by Gasteiger charge is -2.36. The van der Waals surface area contributed by atoms with Crippen LogP contribution in [0.1, 0.15) is 24.2 Å². The third-order valence-electron chi connectivity index (χ3n) is 3.46. The Labute approximate surface area is 127 Å². The van der Waals surface area contributed by atoms with Crippen LogP contribution in [-0.2, 0) is 4.74 Å². The molecule has 2 unspecified atom stereocenters. The molecular weight excluding hydrogens is 286 g/mol. The third-order valence-corrected chi connectivity index (χ3v) is 4.28. The number of carbonyl (C=O) groups is 1. The summed E-state index contributed by atoms with van der Waals surface area (Å²) >= 11 is 1.54. The van der Waals surface area contributed by atoms with E-state index in [2.05, 4.69) is 14.9 Å². The van der Waals surface area contributed by atoms with Crippen LogP contribution >= 0.6 is 11.3 Å². The second-order valence-corrected chi connectivity index (χ2v) is 6.17. The molecule has 1 fully saturated rings. The van der Waals surface area contributed by atoms with E-state index in [0.29, 0.717) is 5.56 Å².